The molecule has 0 saturated heterocycles. The third-order valence-corrected chi connectivity index (χ3v) is 5.64. The zero-order valence-electron chi connectivity index (χ0n) is 21.3. The summed E-state index contributed by atoms with van der Waals surface area (Å²) in [5, 5.41) is 16.6. The van der Waals surface area contributed by atoms with Crippen LogP contribution in [0.25, 0.3) is 16.7 Å². The highest BCUT2D eigenvalue weighted by Crippen LogP contribution is 2.32. The van der Waals surface area contributed by atoms with Gasteiger partial charge in [0.15, 0.2) is 5.82 Å². The first-order valence-electron chi connectivity index (χ1n) is 11.5. The molecule has 11 nitrogen and oxygen atoms in total. The maximum absolute atomic E-state index is 14.0. The lowest BCUT2D eigenvalue weighted by Crippen LogP contribution is -2.25. The number of aliphatic imine (C=N–C) groups is 1. The van der Waals surface area contributed by atoms with Crippen LogP contribution in [-0.4, -0.2) is 57.0 Å². The maximum Gasteiger partial charge on any atom is 0.303 e. The summed E-state index contributed by atoms with van der Waals surface area (Å²) in [5.74, 6) is -1.89. The number of rotatable bonds is 7. The van der Waals surface area contributed by atoms with E-state index in [2.05, 4.69) is 25.4 Å². The van der Waals surface area contributed by atoms with Crippen LogP contribution in [0.1, 0.15) is 29.8 Å². The summed E-state index contributed by atoms with van der Waals surface area (Å²) < 4.78 is 20.7. The highest BCUT2D eigenvalue weighted by atomic mass is 35.5. The molecule has 2 heterocycles. The van der Waals surface area contributed by atoms with E-state index in [1.807, 2.05) is 20.2 Å². The SMILES string of the molecule is CC(=O)OC(C(=O)Nc1ccc(-n2nc(C)c3ncnc(/N=C/N(C)C)c32)c(Cl)c1)c1cc(F)cc(C#N)c1. The Balaban J connectivity index is 1.68. The van der Waals surface area contributed by atoms with Crippen LogP contribution in [0.4, 0.5) is 15.9 Å². The molecule has 4 aromatic rings. The van der Waals surface area contributed by atoms with Crippen LogP contribution in [-0.2, 0) is 14.3 Å². The molecule has 39 heavy (non-hydrogen) atoms. The van der Waals surface area contributed by atoms with Crippen molar-refractivity contribution < 1.29 is 18.7 Å². The monoisotopic (exact) mass is 548 g/mol. The summed E-state index contributed by atoms with van der Waals surface area (Å²) in [7, 11) is 3.66. The molecule has 1 unspecified atom stereocenters. The number of amides is 1. The number of aryl methyl sites for hydroxylation is 1. The molecule has 0 radical (unpaired) electrons. The van der Waals surface area contributed by atoms with Gasteiger partial charge < -0.3 is 15.0 Å². The minimum atomic E-state index is -1.50. The minimum Gasteiger partial charge on any atom is -0.447 e. The fraction of sp³-hybridized carbons (Fsp3) is 0.192. The predicted octanol–water partition coefficient (Wildman–Crippen LogP) is 4.25. The van der Waals surface area contributed by atoms with Gasteiger partial charge in [-0.3, -0.25) is 9.59 Å². The summed E-state index contributed by atoms with van der Waals surface area (Å²) in [5.41, 5.74) is 2.51. The van der Waals surface area contributed by atoms with E-state index in [1.165, 1.54) is 18.5 Å². The number of benzene rings is 2. The van der Waals surface area contributed by atoms with E-state index in [0.29, 0.717) is 28.2 Å². The Morgan fingerprint density at radius 2 is 2.03 bits per heavy atom. The highest BCUT2D eigenvalue weighted by molar-refractivity contribution is 6.32. The molecule has 0 aliphatic carbocycles. The first-order chi connectivity index (χ1) is 18.6. The van der Waals surface area contributed by atoms with Crippen LogP contribution in [0.15, 0.2) is 47.7 Å². The van der Waals surface area contributed by atoms with Gasteiger partial charge in [-0.2, -0.15) is 10.4 Å². The molecule has 2 aromatic heterocycles. The number of carbonyl (C=O) groups is 2. The summed E-state index contributed by atoms with van der Waals surface area (Å²) in [6, 6.07) is 9.81. The van der Waals surface area contributed by atoms with E-state index in [-0.39, 0.29) is 21.8 Å². The van der Waals surface area contributed by atoms with Crippen LogP contribution in [0.3, 0.4) is 0 Å². The average molecular weight is 549 g/mol. The largest absolute Gasteiger partial charge is 0.447 e. The van der Waals surface area contributed by atoms with Gasteiger partial charge in [0.05, 0.1) is 34.4 Å². The van der Waals surface area contributed by atoms with E-state index in [4.69, 9.17) is 21.6 Å². The molecule has 0 aliphatic heterocycles. The van der Waals surface area contributed by atoms with Crippen molar-refractivity contribution in [2.75, 3.05) is 19.4 Å². The standard InChI is InChI=1S/C26H22ClFN8O3/c1-14-22-23(25(31-12-30-22)32-13-35(3)4)36(34-14)21-6-5-19(10-20(21)27)33-26(38)24(39-15(2)37)17-7-16(11-29)8-18(28)9-17/h5-10,12-13,24H,1-4H3,(H,33,38)/b32-13+. The molecule has 13 heteroatoms. The summed E-state index contributed by atoms with van der Waals surface area (Å²) >= 11 is 6.61. The van der Waals surface area contributed by atoms with Gasteiger partial charge >= 0.3 is 5.97 Å². The molecule has 0 saturated carbocycles. The molecule has 198 valence electrons. The second-order valence-corrected chi connectivity index (χ2v) is 9.04. The van der Waals surface area contributed by atoms with Gasteiger partial charge in [-0.05, 0) is 43.3 Å². The number of nitrogens with zero attached hydrogens (tertiary/aromatic N) is 7. The number of carbonyl (C=O) groups excluding carboxylic acids is 2. The van der Waals surface area contributed by atoms with E-state index in [9.17, 15) is 14.0 Å². The molecular formula is C26H22ClFN8O3. The van der Waals surface area contributed by atoms with Crippen molar-refractivity contribution in [2.45, 2.75) is 20.0 Å². The van der Waals surface area contributed by atoms with Gasteiger partial charge in [-0.25, -0.2) is 24.0 Å². The molecule has 0 bridgehead atoms. The zero-order valence-corrected chi connectivity index (χ0v) is 22.1. The third kappa shape index (κ3) is 6.00. The predicted molar refractivity (Wildman–Crippen MR) is 142 cm³/mol. The number of anilines is 1. The number of nitriles is 1. The lowest BCUT2D eigenvalue weighted by molar-refractivity contribution is -0.152. The van der Waals surface area contributed by atoms with Gasteiger partial charge in [-0.15, -0.1) is 0 Å². The topological polar surface area (TPSA) is 138 Å². The number of fused-ring (bicyclic) bond motifs is 1. The molecule has 0 spiro atoms. The maximum atomic E-state index is 14.0. The molecule has 2 aromatic carbocycles. The van der Waals surface area contributed by atoms with Gasteiger partial charge in [0, 0.05) is 32.3 Å². The van der Waals surface area contributed by atoms with E-state index in [0.717, 1.165) is 19.1 Å². The van der Waals surface area contributed by atoms with Crippen molar-refractivity contribution in [3.05, 3.63) is 70.4 Å². The fourth-order valence-corrected chi connectivity index (χ4v) is 4.01. The zero-order chi connectivity index (χ0) is 28.3. The van der Waals surface area contributed by atoms with Gasteiger partial charge in [0.2, 0.25) is 6.10 Å². The Labute approximate surface area is 227 Å². The second-order valence-electron chi connectivity index (χ2n) is 8.63. The van der Waals surface area contributed by atoms with Crippen molar-refractivity contribution in [2.24, 2.45) is 4.99 Å². The normalized spacial score (nSPS) is 11.8. The lowest BCUT2D eigenvalue weighted by Gasteiger charge is -2.18. The second kappa shape index (κ2) is 11.2. The molecule has 1 N–H and O–H groups in total. The Bertz CT molecular complexity index is 1660. The van der Waals surface area contributed by atoms with Crippen molar-refractivity contribution in [3.8, 4) is 11.8 Å². The fourth-order valence-electron chi connectivity index (χ4n) is 3.75. The van der Waals surface area contributed by atoms with Crippen LogP contribution in [0, 0.1) is 24.1 Å². The van der Waals surface area contributed by atoms with Gasteiger partial charge in [0.1, 0.15) is 23.2 Å². The Kier molecular flexibility index (Phi) is 7.83. The molecule has 0 aliphatic rings. The molecule has 0 fully saturated rings. The number of ether oxygens (including phenoxy) is 1. The number of hydrogen-bond donors (Lipinski definition) is 1. The number of nitrogens with one attached hydrogen (secondary N) is 1. The lowest BCUT2D eigenvalue weighted by atomic mass is 10.0. The van der Waals surface area contributed by atoms with E-state index in [1.54, 1.807) is 35.0 Å². The first kappa shape index (κ1) is 27.2. The van der Waals surface area contributed by atoms with Crippen molar-refractivity contribution >= 4 is 52.4 Å². The van der Waals surface area contributed by atoms with E-state index >= 15 is 0 Å². The summed E-state index contributed by atoms with van der Waals surface area (Å²) in [6.07, 6.45) is 1.50. The van der Waals surface area contributed by atoms with Crippen molar-refractivity contribution in [3.63, 3.8) is 0 Å². The van der Waals surface area contributed by atoms with Crippen molar-refractivity contribution in [1.29, 1.82) is 5.26 Å². The average Bonchev–Trinajstić information content (AvgIpc) is 3.22. The van der Waals surface area contributed by atoms with E-state index < -0.39 is 23.8 Å². The number of halogens is 2. The molecule has 1 amide bonds. The summed E-state index contributed by atoms with van der Waals surface area (Å²) in [6.45, 7) is 2.92. The molecule has 1 atom stereocenters. The Hall–Kier alpha value is -4.89. The van der Waals surface area contributed by atoms with Crippen molar-refractivity contribution in [1.82, 2.24) is 24.6 Å². The molecular weight excluding hydrogens is 527 g/mol. The number of aromatic nitrogens is 4. The van der Waals surface area contributed by atoms with Crippen LogP contribution in [0.5, 0.6) is 0 Å². The Morgan fingerprint density at radius 3 is 2.69 bits per heavy atom. The first-order valence-corrected chi connectivity index (χ1v) is 11.8. The molecule has 4 rings (SSSR count). The van der Waals surface area contributed by atoms with Crippen LogP contribution in [0.2, 0.25) is 5.02 Å². The summed E-state index contributed by atoms with van der Waals surface area (Å²) in [4.78, 5) is 39.5. The van der Waals surface area contributed by atoms with Crippen LogP contribution >= 0.6 is 11.6 Å². The van der Waals surface area contributed by atoms with Gasteiger partial charge in [0.25, 0.3) is 5.91 Å². The number of hydrogen-bond acceptors (Lipinski definition) is 8. The third-order valence-electron chi connectivity index (χ3n) is 5.34. The smallest absolute Gasteiger partial charge is 0.303 e. The highest BCUT2D eigenvalue weighted by Gasteiger charge is 2.26. The van der Waals surface area contributed by atoms with Crippen LogP contribution < -0.4 is 5.32 Å². The minimum absolute atomic E-state index is 0.00580. The Morgan fingerprint density at radius 1 is 1.26 bits per heavy atom. The number of esters is 1. The van der Waals surface area contributed by atoms with Gasteiger partial charge in [-0.1, -0.05) is 11.6 Å². The quantitative estimate of drug-likeness (QED) is 0.205.